The Bertz CT molecular complexity index is 877. The Morgan fingerprint density at radius 2 is 1.96 bits per heavy atom. The number of esters is 1. The molecule has 1 aliphatic heterocycles. The van der Waals surface area contributed by atoms with Crippen LogP contribution in [0.15, 0.2) is 42.5 Å². The molecule has 0 saturated carbocycles. The van der Waals surface area contributed by atoms with Crippen molar-refractivity contribution in [2.45, 2.75) is 11.8 Å². The minimum atomic E-state index is -0.646. The number of carbonyl (C=O) groups excluding carboxylic acids is 2. The van der Waals surface area contributed by atoms with Crippen molar-refractivity contribution in [3.8, 4) is 5.75 Å². The number of methoxy groups -OCH3 is 1. The number of amides is 1. The van der Waals surface area contributed by atoms with Gasteiger partial charge in [0.05, 0.1) is 13.5 Å². The number of thioether (sulfide) groups is 1. The number of benzene rings is 2. The smallest absolute Gasteiger partial charge is 0.310 e. The highest BCUT2D eigenvalue weighted by molar-refractivity contribution is 7.99. The minimum absolute atomic E-state index is 0.0815. The van der Waals surface area contributed by atoms with Crippen molar-refractivity contribution in [3.05, 3.63) is 65.2 Å². The number of carbonyl (C=O) groups is 2. The first-order valence-corrected chi connectivity index (χ1v) is 9.68. The second-order valence-corrected chi connectivity index (χ2v) is 7.33. The van der Waals surface area contributed by atoms with E-state index in [0.29, 0.717) is 23.4 Å². The molecule has 28 heavy (non-hydrogen) atoms. The number of hydrogen-bond donors (Lipinski definition) is 0. The van der Waals surface area contributed by atoms with Crippen LogP contribution in [-0.4, -0.2) is 42.8 Å². The quantitative estimate of drug-likeness (QED) is 0.688. The van der Waals surface area contributed by atoms with Gasteiger partial charge in [-0.15, -0.1) is 11.8 Å². The van der Waals surface area contributed by atoms with Crippen molar-refractivity contribution < 1.29 is 27.8 Å². The zero-order valence-electron chi connectivity index (χ0n) is 15.2. The van der Waals surface area contributed by atoms with Crippen LogP contribution < -0.4 is 4.74 Å². The lowest BCUT2D eigenvalue weighted by molar-refractivity contribution is -0.151. The normalized spacial score (nSPS) is 16.1. The van der Waals surface area contributed by atoms with Crippen LogP contribution in [0.2, 0.25) is 0 Å². The van der Waals surface area contributed by atoms with E-state index in [9.17, 15) is 18.4 Å². The molecule has 8 heteroatoms. The molecule has 5 nitrogen and oxygen atoms in total. The molecule has 0 unspecified atom stereocenters. The number of rotatable bonds is 6. The summed E-state index contributed by atoms with van der Waals surface area (Å²) in [5.74, 6) is -1.24. The molecule has 0 N–H and O–H groups in total. The molecule has 0 aromatic heterocycles. The van der Waals surface area contributed by atoms with E-state index in [0.717, 1.165) is 0 Å². The Morgan fingerprint density at radius 1 is 1.18 bits per heavy atom. The first-order valence-electron chi connectivity index (χ1n) is 8.63. The summed E-state index contributed by atoms with van der Waals surface area (Å²) in [7, 11) is 1.35. The molecule has 0 radical (unpaired) electrons. The molecule has 3 rings (SSSR count). The summed E-state index contributed by atoms with van der Waals surface area (Å²) in [5, 5.41) is -0.442. The second-order valence-electron chi connectivity index (χ2n) is 6.14. The predicted octanol–water partition coefficient (Wildman–Crippen LogP) is 3.33. The first-order chi connectivity index (χ1) is 13.5. The van der Waals surface area contributed by atoms with E-state index < -0.39 is 29.7 Å². The van der Waals surface area contributed by atoms with Crippen molar-refractivity contribution in [1.29, 1.82) is 0 Å². The van der Waals surface area contributed by atoms with Gasteiger partial charge in [-0.3, -0.25) is 9.59 Å². The summed E-state index contributed by atoms with van der Waals surface area (Å²) in [5.41, 5.74) is 0.843. The van der Waals surface area contributed by atoms with Gasteiger partial charge in [-0.2, -0.15) is 0 Å². The lowest BCUT2D eigenvalue weighted by Crippen LogP contribution is -2.34. The molecule has 0 aliphatic carbocycles. The molecule has 1 atom stereocenters. The van der Waals surface area contributed by atoms with Gasteiger partial charge in [0, 0.05) is 17.9 Å². The maximum atomic E-state index is 14.0. The third kappa shape index (κ3) is 4.62. The molecule has 1 amide bonds. The van der Waals surface area contributed by atoms with Crippen molar-refractivity contribution in [3.63, 3.8) is 0 Å². The number of hydrogen-bond acceptors (Lipinski definition) is 5. The highest BCUT2D eigenvalue weighted by Crippen LogP contribution is 2.38. The molecule has 2 aromatic carbocycles. The fraction of sp³-hybridized carbons (Fsp3) is 0.300. The zero-order valence-corrected chi connectivity index (χ0v) is 16.0. The number of nitrogens with zero attached hydrogens (tertiary/aromatic N) is 1. The standard InChI is InChI=1S/C20H19F2NO4S/c1-26-17-7-6-13(10-16(17)22)11-19(25)27-12-18(24)23-8-9-28-20(23)14-4-2-3-5-15(14)21/h2-7,10,20H,8-9,11-12H2,1H3/t20-/m0/s1. The van der Waals surface area contributed by atoms with Crippen LogP contribution in [0.1, 0.15) is 16.5 Å². The Labute approximate surface area is 165 Å². The van der Waals surface area contributed by atoms with Gasteiger partial charge in [-0.25, -0.2) is 8.78 Å². The maximum absolute atomic E-state index is 14.0. The van der Waals surface area contributed by atoms with E-state index >= 15 is 0 Å². The van der Waals surface area contributed by atoms with Crippen LogP contribution in [0, 0.1) is 11.6 Å². The molecule has 1 aliphatic rings. The van der Waals surface area contributed by atoms with Crippen LogP contribution >= 0.6 is 11.8 Å². The fourth-order valence-corrected chi connectivity index (χ4v) is 4.22. The zero-order chi connectivity index (χ0) is 20.1. The van der Waals surface area contributed by atoms with Gasteiger partial charge < -0.3 is 14.4 Å². The molecular weight excluding hydrogens is 388 g/mol. The highest BCUT2D eigenvalue weighted by atomic mass is 32.2. The van der Waals surface area contributed by atoms with Gasteiger partial charge in [0.2, 0.25) is 0 Å². The molecule has 2 aromatic rings. The van der Waals surface area contributed by atoms with Gasteiger partial charge in [0.15, 0.2) is 18.2 Å². The first kappa shape index (κ1) is 20.1. The number of halogens is 2. The van der Waals surface area contributed by atoms with Crippen molar-refractivity contribution in [2.24, 2.45) is 0 Å². The highest BCUT2D eigenvalue weighted by Gasteiger charge is 2.32. The van der Waals surface area contributed by atoms with E-state index in [1.54, 1.807) is 24.3 Å². The van der Waals surface area contributed by atoms with Crippen molar-refractivity contribution in [2.75, 3.05) is 26.0 Å². The van der Waals surface area contributed by atoms with E-state index in [-0.39, 0.29) is 18.0 Å². The molecule has 0 bridgehead atoms. The summed E-state index contributed by atoms with van der Waals surface area (Å²) >= 11 is 1.46. The largest absolute Gasteiger partial charge is 0.494 e. The van der Waals surface area contributed by atoms with E-state index in [2.05, 4.69) is 0 Å². The van der Waals surface area contributed by atoms with Gasteiger partial charge in [-0.1, -0.05) is 24.3 Å². The minimum Gasteiger partial charge on any atom is -0.494 e. The van der Waals surface area contributed by atoms with Gasteiger partial charge in [0.1, 0.15) is 11.2 Å². The monoisotopic (exact) mass is 407 g/mol. The van der Waals surface area contributed by atoms with Gasteiger partial charge in [-0.05, 0) is 23.8 Å². The van der Waals surface area contributed by atoms with E-state index in [4.69, 9.17) is 9.47 Å². The topological polar surface area (TPSA) is 55.8 Å². The molecule has 1 fully saturated rings. The molecule has 0 spiro atoms. The average Bonchev–Trinajstić information content (AvgIpc) is 3.16. The van der Waals surface area contributed by atoms with Crippen LogP contribution in [0.25, 0.3) is 0 Å². The fourth-order valence-electron chi connectivity index (χ4n) is 2.92. The lowest BCUT2D eigenvalue weighted by Gasteiger charge is -2.24. The molecule has 1 heterocycles. The lowest BCUT2D eigenvalue weighted by atomic mass is 10.1. The summed E-state index contributed by atoms with van der Waals surface area (Å²) in [4.78, 5) is 26.0. The average molecular weight is 407 g/mol. The maximum Gasteiger partial charge on any atom is 0.310 e. The third-order valence-corrected chi connectivity index (χ3v) is 5.55. The third-order valence-electron chi connectivity index (χ3n) is 4.30. The van der Waals surface area contributed by atoms with Crippen LogP contribution in [0.5, 0.6) is 5.75 Å². The SMILES string of the molecule is COc1ccc(CC(=O)OCC(=O)N2CCS[C@H]2c2ccccc2F)cc1F. The van der Waals surface area contributed by atoms with Crippen molar-refractivity contribution in [1.82, 2.24) is 4.90 Å². The Kier molecular flexibility index (Phi) is 6.51. The van der Waals surface area contributed by atoms with E-state index in [1.807, 2.05) is 0 Å². The molecule has 148 valence electrons. The van der Waals surface area contributed by atoms with Crippen molar-refractivity contribution >= 4 is 23.6 Å². The summed E-state index contributed by atoms with van der Waals surface area (Å²) in [6.45, 7) is 0.00667. The predicted molar refractivity (Wildman–Crippen MR) is 101 cm³/mol. The summed E-state index contributed by atoms with van der Waals surface area (Å²) in [6.07, 6.45) is -0.167. The molecular formula is C20H19F2NO4S. The second kappa shape index (κ2) is 9.05. The van der Waals surface area contributed by atoms with Crippen LogP contribution in [0.4, 0.5) is 8.78 Å². The summed E-state index contributed by atoms with van der Waals surface area (Å²) in [6, 6.07) is 10.5. The Hall–Kier alpha value is -2.61. The Balaban J connectivity index is 1.56. The molecule has 1 saturated heterocycles. The Morgan fingerprint density at radius 3 is 2.68 bits per heavy atom. The van der Waals surface area contributed by atoms with Crippen LogP contribution in [0.3, 0.4) is 0 Å². The van der Waals surface area contributed by atoms with Gasteiger partial charge >= 0.3 is 5.97 Å². The number of ether oxygens (including phenoxy) is 2. The summed E-state index contributed by atoms with van der Waals surface area (Å²) < 4.78 is 37.6. The van der Waals surface area contributed by atoms with Crippen LogP contribution in [-0.2, 0) is 20.7 Å². The van der Waals surface area contributed by atoms with Gasteiger partial charge in [0.25, 0.3) is 5.91 Å². The van der Waals surface area contributed by atoms with E-state index in [1.165, 1.54) is 42.0 Å².